The van der Waals surface area contributed by atoms with Crippen LogP contribution in [0.1, 0.15) is 12.8 Å². The minimum absolute atomic E-state index is 0.106. The van der Waals surface area contributed by atoms with E-state index in [0.717, 1.165) is 31.6 Å². The highest BCUT2D eigenvalue weighted by Gasteiger charge is 2.20. The zero-order valence-corrected chi connectivity index (χ0v) is 15.1. The summed E-state index contributed by atoms with van der Waals surface area (Å²) in [5.74, 6) is 0.395. The zero-order chi connectivity index (χ0) is 17.9. The first-order chi connectivity index (χ1) is 12.7. The van der Waals surface area contributed by atoms with Gasteiger partial charge in [-0.15, -0.1) is 0 Å². The molecule has 2 heterocycles. The number of hydrogen-bond acceptors (Lipinski definition) is 4. The molecule has 0 radical (unpaired) electrons. The van der Waals surface area contributed by atoms with E-state index in [1.807, 2.05) is 53.4 Å². The van der Waals surface area contributed by atoms with Crippen LogP contribution in [-0.2, 0) is 4.79 Å². The number of fused-ring (bicyclic) bond motifs is 1. The van der Waals surface area contributed by atoms with Crippen LogP contribution in [0.3, 0.4) is 0 Å². The van der Waals surface area contributed by atoms with E-state index in [0.29, 0.717) is 16.1 Å². The average molecular weight is 365 g/mol. The fourth-order valence-electron chi connectivity index (χ4n) is 3.20. The lowest BCUT2D eigenvalue weighted by atomic mass is 10.2. The Morgan fingerprint density at radius 2 is 1.69 bits per heavy atom. The normalized spacial score (nSPS) is 14.1. The quantitative estimate of drug-likeness (QED) is 0.527. The maximum absolute atomic E-state index is 13.1. The largest absolute Gasteiger partial charge is 0.342 e. The van der Waals surface area contributed by atoms with Crippen LogP contribution in [-0.4, -0.2) is 39.2 Å². The smallest absolute Gasteiger partial charge is 0.266 e. The SMILES string of the molecule is O=C(CSc1nc2ccccc2c(=O)n1-c1ccccc1)N1CCCC1. The van der Waals surface area contributed by atoms with Crippen molar-refractivity contribution in [1.82, 2.24) is 14.5 Å². The number of likely N-dealkylation sites (tertiary alicyclic amines) is 1. The number of benzene rings is 2. The molecule has 0 saturated carbocycles. The van der Waals surface area contributed by atoms with Crippen LogP contribution in [0, 0.1) is 0 Å². The van der Waals surface area contributed by atoms with Crippen molar-refractivity contribution >= 4 is 28.6 Å². The summed E-state index contributed by atoms with van der Waals surface area (Å²) in [7, 11) is 0. The summed E-state index contributed by atoms with van der Waals surface area (Å²) >= 11 is 1.33. The molecule has 0 spiro atoms. The number of aromatic nitrogens is 2. The molecule has 1 fully saturated rings. The molecule has 0 atom stereocenters. The summed E-state index contributed by atoms with van der Waals surface area (Å²) in [6.45, 7) is 1.66. The van der Waals surface area contributed by atoms with Crippen LogP contribution >= 0.6 is 11.8 Å². The summed E-state index contributed by atoms with van der Waals surface area (Å²) in [5.41, 5.74) is 1.30. The van der Waals surface area contributed by atoms with E-state index in [-0.39, 0.29) is 17.2 Å². The molecule has 0 bridgehead atoms. The number of para-hydroxylation sites is 2. The van der Waals surface area contributed by atoms with Crippen molar-refractivity contribution in [2.75, 3.05) is 18.8 Å². The molecule has 1 aliphatic heterocycles. The second-order valence-corrected chi connectivity index (χ2v) is 7.21. The van der Waals surface area contributed by atoms with Crippen molar-refractivity contribution in [3.8, 4) is 5.69 Å². The van der Waals surface area contributed by atoms with Crippen molar-refractivity contribution in [2.24, 2.45) is 0 Å². The lowest BCUT2D eigenvalue weighted by molar-refractivity contribution is -0.127. The third kappa shape index (κ3) is 3.24. The Labute approximate surface area is 155 Å². The third-order valence-electron chi connectivity index (χ3n) is 4.54. The van der Waals surface area contributed by atoms with Gasteiger partial charge in [0.25, 0.3) is 5.56 Å². The van der Waals surface area contributed by atoms with Gasteiger partial charge in [-0.25, -0.2) is 4.98 Å². The first kappa shape index (κ1) is 16.8. The predicted molar refractivity (Wildman–Crippen MR) is 104 cm³/mol. The molecule has 1 aliphatic rings. The van der Waals surface area contributed by atoms with Gasteiger partial charge >= 0.3 is 0 Å². The maximum atomic E-state index is 13.1. The molecule has 3 aromatic rings. The van der Waals surface area contributed by atoms with E-state index in [9.17, 15) is 9.59 Å². The summed E-state index contributed by atoms with van der Waals surface area (Å²) in [6.07, 6.45) is 2.14. The Morgan fingerprint density at radius 3 is 2.46 bits per heavy atom. The molecule has 132 valence electrons. The molecule has 1 aromatic heterocycles. The van der Waals surface area contributed by atoms with Crippen molar-refractivity contribution in [1.29, 1.82) is 0 Å². The zero-order valence-electron chi connectivity index (χ0n) is 14.3. The van der Waals surface area contributed by atoms with E-state index in [1.54, 1.807) is 10.6 Å². The number of carbonyl (C=O) groups excluding carboxylic acids is 1. The highest BCUT2D eigenvalue weighted by atomic mass is 32.2. The van der Waals surface area contributed by atoms with Crippen LogP contribution in [0.15, 0.2) is 64.5 Å². The highest BCUT2D eigenvalue weighted by molar-refractivity contribution is 7.99. The Morgan fingerprint density at radius 1 is 1.00 bits per heavy atom. The molecule has 6 heteroatoms. The van der Waals surface area contributed by atoms with Gasteiger partial charge < -0.3 is 4.90 Å². The van der Waals surface area contributed by atoms with Gasteiger partial charge in [-0.3, -0.25) is 14.2 Å². The lowest BCUT2D eigenvalue weighted by Gasteiger charge is -2.16. The van der Waals surface area contributed by atoms with Crippen LogP contribution < -0.4 is 5.56 Å². The van der Waals surface area contributed by atoms with Crippen molar-refractivity contribution in [3.63, 3.8) is 0 Å². The average Bonchev–Trinajstić information content (AvgIpc) is 3.22. The molecule has 1 amide bonds. The Bertz CT molecular complexity index is 995. The van der Waals surface area contributed by atoms with Gasteiger partial charge in [0.2, 0.25) is 5.91 Å². The molecule has 4 rings (SSSR count). The Balaban J connectivity index is 1.74. The van der Waals surface area contributed by atoms with Crippen LogP contribution in [0.4, 0.5) is 0 Å². The van der Waals surface area contributed by atoms with Gasteiger partial charge in [0, 0.05) is 13.1 Å². The number of amides is 1. The highest BCUT2D eigenvalue weighted by Crippen LogP contribution is 2.22. The van der Waals surface area contributed by atoms with Crippen LogP contribution in [0.2, 0.25) is 0 Å². The van der Waals surface area contributed by atoms with Gasteiger partial charge in [-0.05, 0) is 37.1 Å². The number of nitrogens with zero attached hydrogens (tertiary/aromatic N) is 3. The second kappa shape index (κ2) is 7.33. The first-order valence-electron chi connectivity index (χ1n) is 8.72. The molecule has 0 N–H and O–H groups in total. The summed E-state index contributed by atoms with van der Waals surface area (Å²) in [6, 6.07) is 16.8. The number of hydrogen-bond donors (Lipinski definition) is 0. The molecule has 0 unspecified atom stereocenters. The van der Waals surface area contributed by atoms with Crippen LogP contribution in [0.25, 0.3) is 16.6 Å². The summed E-state index contributed by atoms with van der Waals surface area (Å²) in [4.78, 5) is 32.0. The Kier molecular flexibility index (Phi) is 4.75. The minimum Gasteiger partial charge on any atom is -0.342 e. The predicted octanol–water partition coefficient (Wildman–Crippen LogP) is 3.10. The fraction of sp³-hybridized carbons (Fsp3) is 0.250. The number of thioether (sulfide) groups is 1. The monoisotopic (exact) mass is 365 g/mol. The molecule has 0 aliphatic carbocycles. The van der Waals surface area contributed by atoms with Gasteiger partial charge in [0.15, 0.2) is 5.16 Å². The van der Waals surface area contributed by atoms with Gasteiger partial charge in [0.05, 0.1) is 22.3 Å². The van der Waals surface area contributed by atoms with E-state index >= 15 is 0 Å². The van der Waals surface area contributed by atoms with Crippen LogP contribution in [0.5, 0.6) is 0 Å². The van der Waals surface area contributed by atoms with E-state index in [1.165, 1.54) is 11.8 Å². The molecular weight excluding hydrogens is 346 g/mol. The van der Waals surface area contributed by atoms with Gasteiger partial charge in [-0.1, -0.05) is 42.1 Å². The first-order valence-corrected chi connectivity index (χ1v) is 9.70. The number of rotatable bonds is 4. The number of carbonyl (C=O) groups is 1. The van der Waals surface area contributed by atoms with E-state index in [2.05, 4.69) is 4.98 Å². The van der Waals surface area contributed by atoms with Crippen molar-refractivity contribution < 1.29 is 4.79 Å². The summed E-state index contributed by atoms with van der Waals surface area (Å²) < 4.78 is 1.60. The molecule has 1 saturated heterocycles. The Hall–Kier alpha value is -2.60. The molecular formula is C20H19N3O2S. The van der Waals surface area contributed by atoms with Crippen molar-refractivity contribution in [2.45, 2.75) is 18.0 Å². The minimum atomic E-state index is -0.113. The molecule has 2 aromatic carbocycles. The topological polar surface area (TPSA) is 55.2 Å². The van der Waals surface area contributed by atoms with Crippen molar-refractivity contribution in [3.05, 3.63) is 65.0 Å². The lowest BCUT2D eigenvalue weighted by Crippen LogP contribution is -2.29. The van der Waals surface area contributed by atoms with Gasteiger partial charge in [0.1, 0.15) is 0 Å². The van der Waals surface area contributed by atoms with E-state index in [4.69, 9.17) is 0 Å². The standard InChI is InChI=1S/C20H19N3O2S/c24-18(22-12-6-7-13-22)14-26-20-21-17-11-5-4-10-16(17)19(25)23(20)15-8-2-1-3-9-15/h1-5,8-11H,6-7,12-14H2. The molecule has 5 nitrogen and oxygen atoms in total. The van der Waals surface area contributed by atoms with E-state index < -0.39 is 0 Å². The maximum Gasteiger partial charge on any atom is 0.266 e. The summed E-state index contributed by atoms with van der Waals surface area (Å²) in [5, 5.41) is 1.12. The second-order valence-electron chi connectivity index (χ2n) is 6.26. The fourth-order valence-corrected chi connectivity index (χ4v) is 4.11. The third-order valence-corrected chi connectivity index (χ3v) is 5.47. The molecule has 26 heavy (non-hydrogen) atoms. The van der Waals surface area contributed by atoms with Gasteiger partial charge in [-0.2, -0.15) is 0 Å².